The van der Waals surface area contributed by atoms with Crippen molar-refractivity contribution in [1.29, 1.82) is 0 Å². The molecule has 0 unspecified atom stereocenters. The normalized spacial score (nSPS) is 11.5. The minimum atomic E-state index is -3.22. The molecule has 0 N–H and O–H groups in total. The number of halogens is 2. The lowest BCUT2D eigenvalue weighted by Crippen LogP contribution is -2.08. The molecule has 13 heavy (non-hydrogen) atoms. The van der Waals surface area contributed by atoms with Crippen LogP contribution in [0.25, 0.3) is 0 Å². The Morgan fingerprint density at radius 1 is 1.31 bits per heavy atom. The molecule has 0 aliphatic rings. The molecule has 0 aliphatic heterocycles. The number of alkyl halides is 1. The van der Waals surface area contributed by atoms with Crippen LogP contribution < -0.4 is 0 Å². The molecule has 0 heterocycles. The monoisotopic (exact) mass is 282 g/mol. The fraction of sp³-hybridized carbons (Fsp3) is 0.250. The average molecular weight is 284 g/mol. The fourth-order valence-electron chi connectivity index (χ4n) is 0.908. The van der Waals surface area contributed by atoms with Gasteiger partial charge in [-0.2, -0.15) is 0 Å². The molecule has 0 amide bonds. The zero-order valence-electron chi connectivity index (χ0n) is 6.70. The van der Waals surface area contributed by atoms with Crippen molar-refractivity contribution in [1.82, 2.24) is 0 Å². The Balaban J connectivity index is 3.15. The second-order valence-electron chi connectivity index (χ2n) is 2.44. The minimum Gasteiger partial charge on any atom is -0.224 e. The van der Waals surface area contributed by atoms with Crippen LogP contribution in [-0.4, -0.2) is 20.1 Å². The van der Waals surface area contributed by atoms with Crippen molar-refractivity contribution < 1.29 is 8.42 Å². The minimum absolute atomic E-state index is 0.0306. The van der Waals surface area contributed by atoms with E-state index >= 15 is 0 Å². The summed E-state index contributed by atoms with van der Waals surface area (Å²) in [6.45, 7) is 0. The van der Waals surface area contributed by atoms with Gasteiger partial charge in [-0.1, -0.05) is 12.1 Å². The van der Waals surface area contributed by atoms with Gasteiger partial charge in [0, 0.05) is 10.4 Å². The molecule has 1 aromatic carbocycles. The summed E-state index contributed by atoms with van der Waals surface area (Å²) in [5, 5.41) is 0. The zero-order valence-corrected chi connectivity index (χ0v) is 9.86. The maximum atomic E-state index is 11.5. The summed E-state index contributed by atoms with van der Waals surface area (Å²) in [7, 11) is -3.22. The van der Waals surface area contributed by atoms with Gasteiger partial charge >= 0.3 is 0 Å². The number of sulfone groups is 1. The summed E-state index contributed by atoms with van der Waals surface area (Å²) in [5.74, 6) is 0.0842. The Bertz CT molecular complexity index is 389. The quantitative estimate of drug-likeness (QED) is 0.799. The van der Waals surface area contributed by atoms with Crippen molar-refractivity contribution in [2.45, 2.75) is 4.90 Å². The van der Waals surface area contributed by atoms with Gasteiger partial charge in [-0.25, -0.2) is 8.42 Å². The van der Waals surface area contributed by atoms with Crippen LogP contribution in [0.3, 0.4) is 0 Å². The Labute approximate surface area is 91.0 Å². The summed E-state index contributed by atoms with van der Waals surface area (Å²) in [6.07, 6.45) is 0. The van der Waals surface area contributed by atoms with Gasteiger partial charge in [-0.05, 0) is 28.1 Å². The van der Waals surface area contributed by atoms with E-state index in [0.29, 0.717) is 9.37 Å². The topological polar surface area (TPSA) is 34.1 Å². The van der Waals surface area contributed by atoms with E-state index in [0.717, 1.165) is 0 Å². The summed E-state index contributed by atoms with van der Waals surface area (Å²) in [6, 6.07) is 6.71. The highest BCUT2D eigenvalue weighted by Crippen LogP contribution is 2.22. The van der Waals surface area contributed by atoms with E-state index in [1.54, 1.807) is 24.3 Å². The van der Waals surface area contributed by atoms with Gasteiger partial charge < -0.3 is 0 Å². The Morgan fingerprint density at radius 2 is 1.92 bits per heavy atom. The number of hydrogen-bond acceptors (Lipinski definition) is 2. The highest BCUT2D eigenvalue weighted by Gasteiger charge is 2.15. The SMILES string of the molecule is O=S(=O)(CCCl)c1ccccc1Br. The summed E-state index contributed by atoms with van der Waals surface area (Å²) >= 11 is 8.57. The van der Waals surface area contributed by atoms with Gasteiger partial charge in [-0.15, -0.1) is 11.6 Å². The van der Waals surface area contributed by atoms with Crippen LogP contribution in [0.15, 0.2) is 33.6 Å². The Morgan fingerprint density at radius 3 is 2.46 bits per heavy atom. The van der Waals surface area contributed by atoms with Gasteiger partial charge in [0.05, 0.1) is 10.6 Å². The van der Waals surface area contributed by atoms with Crippen LogP contribution in [0.2, 0.25) is 0 Å². The smallest absolute Gasteiger partial charge is 0.180 e. The molecular formula is C8H8BrClO2S. The lowest BCUT2D eigenvalue weighted by molar-refractivity contribution is 0.597. The molecule has 0 fully saturated rings. The van der Waals surface area contributed by atoms with Crippen molar-refractivity contribution in [2.24, 2.45) is 0 Å². The van der Waals surface area contributed by atoms with E-state index in [-0.39, 0.29) is 11.6 Å². The Hall–Kier alpha value is -0.0600. The van der Waals surface area contributed by atoms with Crippen LogP contribution in [-0.2, 0) is 9.84 Å². The lowest BCUT2D eigenvalue weighted by atomic mass is 10.4. The van der Waals surface area contributed by atoms with Gasteiger partial charge in [0.2, 0.25) is 0 Å². The lowest BCUT2D eigenvalue weighted by Gasteiger charge is -2.03. The first-order chi connectivity index (χ1) is 6.08. The van der Waals surface area contributed by atoms with Gasteiger partial charge in [0.1, 0.15) is 0 Å². The van der Waals surface area contributed by atoms with Crippen molar-refractivity contribution in [3.05, 3.63) is 28.7 Å². The van der Waals surface area contributed by atoms with Crippen LogP contribution in [0, 0.1) is 0 Å². The third-order valence-corrected chi connectivity index (χ3v) is 4.65. The van der Waals surface area contributed by atoms with Gasteiger partial charge in [0.25, 0.3) is 0 Å². The van der Waals surface area contributed by atoms with Crippen molar-refractivity contribution in [2.75, 3.05) is 11.6 Å². The van der Waals surface area contributed by atoms with Crippen molar-refractivity contribution >= 4 is 37.4 Å². The largest absolute Gasteiger partial charge is 0.224 e. The number of benzene rings is 1. The van der Waals surface area contributed by atoms with Crippen LogP contribution in [0.4, 0.5) is 0 Å². The molecule has 0 aliphatic carbocycles. The zero-order chi connectivity index (χ0) is 9.90. The molecule has 5 heteroatoms. The molecule has 0 saturated heterocycles. The molecule has 1 rings (SSSR count). The summed E-state index contributed by atoms with van der Waals surface area (Å²) < 4.78 is 23.7. The second kappa shape index (κ2) is 4.44. The molecule has 0 saturated carbocycles. The molecule has 1 aromatic rings. The van der Waals surface area contributed by atoms with Crippen molar-refractivity contribution in [3.8, 4) is 0 Å². The molecule has 0 atom stereocenters. The summed E-state index contributed by atoms with van der Waals surface area (Å²) in [4.78, 5) is 0.302. The van der Waals surface area contributed by atoms with E-state index < -0.39 is 9.84 Å². The van der Waals surface area contributed by atoms with Crippen LogP contribution >= 0.6 is 27.5 Å². The molecule has 0 bridgehead atoms. The number of rotatable bonds is 3. The third kappa shape index (κ3) is 2.69. The predicted molar refractivity (Wildman–Crippen MR) is 56.9 cm³/mol. The van der Waals surface area contributed by atoms with Crippen molar-refractivity contribution in [3.63, 3.8) is 0 Å². The molecular weight excluding hydrogens is 276 g/mol. The second-order valence-corrected chi connectivity index (χ2v) is 5.75. The van der Waals surface area contributed by atoms with Crippen LogP contribution in [0.5, 0.6) is 0 Å². The summed E-state index contributed by atoms with van der Waals surface area (Å²) in [5.41, 5.74) is 0. The molecule has 72 valence electrons. The molecule has 0 radical (unpaired) electrons. The van der Waals surface area contributed by atoms with E-state index in [1.165, 1.54) is 0 Å². The highest BCUT2D eigenvalue weighted by molar-refractivity contribution is 9.10. The average Bonchev–Trinajstić information content (AvgIpc) is 2.04. The van der Waals surface area contributed by atoms with Crippen LogP contribution in [0.1, 0.15) is 0 Å². The maximum absolute atomic E-state index is 11.5. The van der Waals surface area contributed by atoms with Gasteiger partial charge in [-0.3, -0.25) is 0 Å². The standard InChI is InChI=1S/C8H8BrClO2S/c9-7-3-1-2-4-8(7)13(11,12)6-5-10/h1-4H,5-6H2. The van der Waals surface area contributed by atoms with E-state index in [9.17, 15) is 8.42 Å². The van der Waals surface area contributed by atoms with E-state index in [2.05, 4.69) is 15.9 Å². The molecule has 2 nitrogen and oxygen atoms in total. The third-order valence-electron chi connectivity index (χ3n) is 1.52. The first-order valence-corrected chi connectivity index (χ1v) is 6.59. The molecule has 0 spiro atoms. The Kier molecular flexibility index (Phi) is 3.76. The first-order valence-electron chi connectivity index (χ1n) is 3.61. The predicted octanol–water partition coefficient (Wildman–Crippen LogP) is 2.46. The van der Waals surface area contributed by atoms with E-state index in [1.807, 2.05) is 0 Å². The maximum Gasteiger partial charge on any atom is 0.180 e. The van der Waals surface area contributed by atoms with Gasteiger partial charge in [0.15, 0.2) is 9.84 Å². The van der Waals surface area contributed by atoms with E-state index in [4.69, 9.17) is 11.6 Å². The highest BCUT2D eigenvalue weighted by atomic mass is 79.9. The molecule has 0 aromatic heterocycles. The number of hydrogen-bond donors (Lipinski definition) is 0. The fourth-order valence-corrected chi connectivity index (χ4v) is 3.62. The first kappa shape index (κ1) is 11.0.